The molecule has 0 aromatic heterocycles. The van der Waals surface area contributed by atoms with Gasteiger partial charge in [-0.2, -0.15) is 0 Å². The van der Waals surface area contributed by atoms with Gasteiger partial charge in [0.15, 0.2) is 12.0 Å². The average molecular weight is 261 g/mol. The van der Waals surface area contributed by atoms with Crippen molar-refractivity contribution in [2.75, 3.05) is 13.2 Å². The van der Waals surface area contributed by atoms with Crippen molar-refractivity contribution in [2.24, 2.45) is 5.92 Å². The fourth-order valence-corrected chi connectivity index (χ4v) is 1.82. The van der Waals surface area contributed by atoms with Gasteiger partial charge in [0, 0.05) is 12.1 Å². The molecule has 1 heterocycles. The van der Waals surface area contributed by atoms with Crippen LogP contribution in [-0.2, 0) is 9.53 Å². The highest BCUT2D eigenvalue weighted by Crippen LogP contribution is 2.24. The van der Waals surface area contributed by atoms with E-state index in [1.807, 2.05) is 0 Å². The van der Waals surface area contributed by atoms with Crippen molar-refractivity contribution in [3.8, 4) is 0 Å². The normalized spacial score (nSPS) is 36.8. The van der Waals surface area contributed by atoms with Crippen molar-refractivity contribution in [3.63, 3.8) is 0 Å². The number of aliphatic hydroxyl groups is 4. The van der Waals surface area contributed by atoms with E-state index in [1.165, 1.54) is 19.2 Å². The van der Waals surface area contributed by atoms with E-state index in [1.54, 1.807) is 0 Å². The smallest absolute Gasteiger partial charge is 0.156 e. The summed E-state index contributed by atoms with van der Waals surface area (Å²) in [6.45, 7) is 0.576. The zero-order valence-corrected chi connectivity index (χ0v) is 10.1. The van der Waals surface area contributed by atoms with Crippen LogP contribution in [-0.4, -0.2) is 64.0 Å². The first-order chi connectivity index (χ1) is 8.51. The Labute approximate surface area is 105 Å². The number of carbonyl (C=O) groups is 1. The van der Waals surface area contributed by atoms with Crippen LogP contribution < -0.4 is 5.32 Å². The Kier molecular flexibility index (Phi) is 5.70. The number of ether oxygens (including phenoxy) is 1. The summed E-state index contributed by atoms with van der Waals surface area (Å²) in [5, 5.41) is 40.3. The fourth-order valence-electron chi connectivity index (χ4n) is 1.82. The number of allylic oxidation sites excluding steroid dienone is 1. The second-order valence-corrected chi connectivity index (χ2v) is 4.22. The van der Waals surface area contributed by atoms with Gasteiger partial charge >= 0.3 is 0 Å². The molecular weight excluding hydrogens is 242 g/mol. The maximum atomic E-state index is 10.7. The summed E-state index contributed by atoms with van der Waals surface area (Å²) in [4.78, 5) is 10.7. The van der Waals surface area contributed by atoms with Gasteiger partial charge in [0.05, 0.1) is 25.4 Å². The molecule has 0 unspecified atom stereocenters. The third kappa shape index (κ3) is 3.50. The molecule has 1 rings (SSSR count). The lowest BCUT2D eigenvalue weighted by atomic mass is 9.89. The Hall–Kier alpha value is -0.990. The Balaban J connectivity index is 2.67. The van der Waals surface area contributed by atoms with Gasteiger partial charge < -0.3 is 30.5 Å². The molecule has 1 aliphatic heterocycles. The summed E-state index contributed by atoms with van der Waals surface area (Å²) in [6.07, 6.45) is -1.66. The quantitative estimate of drug-likeness (QED) is 0.354. The maximum absolute atomic E-state index is 10.7. The molecule has 18 heavy (non-hydrogen) atoms. The van der Waals surface area contributed by atoms with Gasteiger partial charge in [-0.05, 0) is 13.0 Å². The van der Waals surface area contributed by atoms with Crippen molar-refractivity contribution in [1.82, 2.24) is 5.32 Å². The van der Waals surface area contributed by atoms with E-state index >= 15 is 0 Å². The Morgan fingerprint density at radius 2 is 1.94 bits per heavy atom. The number of rotatable bonds is 5. The highest BCUT2D eigenvalue weighted by molar-refractivity contribution is 5.87. The molecule has 5 N–H and O–H groups in total. The molecule has 0 radical (unpaired) electrons. The SMILES string of the molecule is CC(=O)/C=C\N[C@@H]1O[C@H](CO)[C@H](CO)[C@@H](O)[C@H]1O. The molecular formula is C11H19NO6. The summed E-state index contributed by atoms with van der Waals surface area (Å²) in [5.74, 6) is -0.930. The molecule has 0 bridgehead atoms. The molecule has 7 heteroatoms. The fraction of sp³-hybridized carbons (Fsp3) is 0.727. The summed E-state index contributed by atoms with van der Waals surface area (Å²) >= 11 is 0. The molecule has 1 saturated heterocycles. The predicted molar refractivity (Wildman–Crippen MR) is 61.3 cm³/mol. The van der Waals surface area contributed by atoms with Crippen LogP contribution in [0.25, 0.3) is 0 Å². The van der Waals surface area contributed by atoms with Crippen LogP contribution in [0.3, 0.4) is 0 Å². The number of aliphatic hydroxyl groups excluding tert-OH is 4. The standard InChI is InChI=1S/C11H19NO6/c1-6(15)2-3-12-11-10(17)9(16)7(4-13)8(5-14)18-11/h2-3,7-14,16-17H,4-5H2,1H3/b3-2-/t7-,8+,9+,10+,11+/m0/s1. The van der Waals surface area contributed by atoms with Crippen molar-refractivity contribution in [2.45, 2.75) is 31.5 Å². The predicted octanol–water partition coefficient (Wildman–Crippen LogP) is -2.27. The molecule has 0 aromatic carbocycles. The van der Waals surface area contributed by atoms with Crippen LogP contribution in [0.15, 0.2) is 12.3 Å². The second-order valence-electron chi connectivity index (χ2n) is 4.22. The Morgan fingerprint density at radius 3 is 2.44 bits per heavy atom. The van der Waals surface area contributed by atoms with Crippen LogP contribution in [0, 0.1) is 5.92 Å². The molecule has 104 valence electrons. The van der Waals surface area contributed by atoms with Crippen molar-refractivity contribution in [1.29, 1.82) is 0 Å². The van der Waals surface area contributed by atoms with E-state index in [-0.39, 0.29) is 12.4 Å². The second kappa shape index (κ2) is 6.81. The minimum Gasteiger partial charge on any atom is -0.396 e. The van der Waals surface area contributed by atoms with Crippen molar-refractivity contribution < 1.29 is 30.0 Å². The van der Waals surface area contributed by atoms with Gasteiger partial charge in [-0.1, -0.05) is 0 Å². The minimum absolute atomic E-state index is 0.180. The molecule has 0 aromatic rings. The summed E-state index contributed by atoms with van der Waals surface area (Å²) in [5.41, 5.74) is 0. The zero-order chi connectivity index (χ0) is 13.7. The number of carbonyl (C=O) groups excluding carboxylic acids is 1. The van der Waals surface area contributed by atoms with Crippen LogP contribution in [0.4, 0.5) is 0 Å². The van der Waals surface area contributed by atoms with Gasteiger partial charge in [-0.15, -0.1) is 0 Å². The summed E-state index contributed by atoms with van der Waals surface area (Å²) in [6, 6.07) is 0. The average Bonchev–Trinajstić information content (AvgIpc) is 2.33. The van der Waals surface area contributed by atoms with Gasteiger partial charge in [-0.3, -0.25) is 4.79 Å². The highest BCUT2D eigenvalue weighted by atomic mass is 16.5. The van der Waals surface area contributed by atoms with Gasteiger partial charge in [0.25, 0.3) is 0 Å². The van der Waals surface area contributed by atoms with Crippen LogP contribution in [0.1, 0.15) is 6.92 Å². The van der Waals surface area contributed by atoms with E-state index < -0.39 is 37.1 Å². The van der Waals surface area contributed by atoms with E-state index in [4.69, 9.17) is 14.9 Å². The monoisotopic (exact) mass is 261 g/mol. The van der Waals surface area contributed by atoms with Crippen LogP contribution >= 0.6 is 0 Å². The first kappa shape index (κ1) is 15.1. The van der Waals surface area contributed by atoms with Gasteiger partial charge in [-0.25, -0.2) is 0 Å². The molecule has 0 saturated carbocycles. The molecule has 1 aliphatic rings. The third-order valence-electron chi connectivity index (χ3n) is 2.87. The summed E-state index contributed by atoms with van der Waals surface area (Å²) in [7, 11) is 0. The van der Waals surface area contributed by atoms with E-state index in [9.17, 15) is 15.0 Å². The lowest BCUT2D eigenvalue weighted by Gasteiger charge is -2.41. The largest absolute Gasteiger partial charge is 0.396 e. The molecule has 5 atom stereocenters. The van der Waals surface area contributed by atoms with Crippen molar-refractivity contribution in [3.05, 3.63) is 12.3 Å². The highest BCUT2D eigenvalue weighted by Gasteiger charge is 2.43. The Bertz CT molecular complexity index is 306. The number of hydrogen-bond donors (Lipinski definition) is 5. The number of hydrogen-bond acceptors (Lipinski definition) is 7. The molecule has 0 amide bonds. The van der Waals surface area contributed by atoms with E-state index in [2.05, 4.69) is 5.32 Å². The topological polar surface area (TPSA) is 119 Å². The van der Waals surface area contributed by atoms with E-state index in [0.29, 0.717) is 0 Å². The van der Waals surface area contributed by atoms with Crippen molar-refractivity contribution >= 4 is 5.78 Å². The Morgan fingerprint density at radius 1 is 1.28 bits per heavy atom. The number of nitrogens with one attached hydrogen (secondary N) is 1. The van der Waals surface area contributed by atoms with Crippen LogP contribution in [0.2, 0.25) is 0 Å². The lowest BCUT2D eigenvalue weighted by Crippen LogP contribution is -2.60. The zero-order valence-electron chi connectivity index (χ0n) is 10.1. The molecule has 7 nitrogen and oxygen atoms in total. The van der Waals surface area contributed by atoms with E-state index in [0.717, 1.165) is 0 Å². The first-order valence-electron chi connectivity index (χ1n) is 5.67. The van der Waals surface area contributed by atoms with Crippen LogP contribution in [0.5, 0.6) is 0 Å². The van der Waals surface area contributed by atoms with Gasteiger partial charge in [0.1, 0.15) is 6.10 Å². The number of ketones is 1. The summed E-state index contributed by atoms with van der Waals surface area (Å²) < 4.78 is 5.31. The molecule has 0 aliphatic carbocycles. The van der Waals surface area contributed by atoms with Gasteiger partial charge in [0.2, 0.25) is 0 Å². The lowest BCUT2D eigenvalue weighted by molar-refractivity contribution is -0.219. The third-order valence-corrected chi connectivity index (χ3v) is 2.87. The minimum atomic E-state index is -1.26. The first-order valence-corrected chi connectivity index (χ1v) is 5.67. The molecule has 0 spiro atoms. The maximum Gasteiger partial charge on any atom is 0.156 e. The molecule has 1 fully saturated rings.